The van der Waals surface area contributed by atoms with Gasteiger partial charge in [0, 0.05) is 18.3 Å². The third-order valence-corrected chi connectivity index (χ3v) is 3.42. The van der Waals surface area contributed by atoms with Gasteiger partial charge in [0.25, 0.3) is 0 Å². The Kier molecular flexibility index (Phi) is 2.87. The molecule has 3 nitrogen and oxygen atoms in total. The van der Waals surface area contributed by atoms with Crippen LogP contribution in [0.5, 0.6) is 5.75 Å². The molecule has 0 amide bonds. The molecule has 0 radical (unpaired) electrons. The number of fused-ring (bicyclic) bond motifs is 1. The van der Waals surface area contributed by atoms with Gasteiger partial charge in [-0.2, -0.15) is 0 Å². The normalized spacial score (nSPS) is 10.9. The lowest BCUT2D eigenvalue weighted by Crippen LogP contribution is -1.97. The number of aryl methyl sites for hydroxylation is 1. The van der Waals surface area contributed by atoms with E-state index in [-0.39, 0.29) is 5.78 Å². The van der Waals surface area contributed by atoms with Crippen LogP contribution < -0.4 is 4.74 Å². The molecular weight excluding hydrogens is 238 g/mol. The number of carbonyl (C=O) groups is 1. The molecule has 1 aromatic heterocycles. The maximum Gasteiger partial charge on any atom is 0.162 e. The highest BCUT2D eigenvalue weighted by atomic mass is 35.5. The fourth-order valence-electron chi connectivity index (χ4n) is 2.23. The van der Waals surface area contributed by atoms with E-state index in [1.165, 1.54) is 0 Å². The molecule has 2 aromatic rings. The molecule has 4 heteroatoms. The van der Waals surface area contributed by atoms with Gasteiger partial charge >= 0.3 is 0 Å². The average Bonchev–Trinajstić information content (AvgIpc) is 2.54. The van der Waals surface area contributed by atoms with Crippen molar-refractivity contribution in [1.82, 2.24) is 4.57 Å². The third kappa shape index (κ3) is 1.62. The van der Waals surface area contributed by atoms with Crippen molar-refractivity contribution in [3.05, 3.63) is 28.4 Å². The van der Waals surface area contributed by atoms with Crippen LogP contribution in [0.3, 0.4) is 0 Å². The Morgan fingerprint density at radius 3 is 2.59 bits per heavy atom. The Morgan fingerprint density at radius 2 is 2.06 bits per heavy atom. The van der Waals surface area contributed by atoms with Crippen LogP contribution in [0.15, 0.2) is 12.1 Å². The molecule has 1 aromatic carbocycles. The summed E-state index contributed by atoms with van der Waals surface area (Å²) < 4.78 is 7.24. The lowest BCUT2D eigenvalue weighted by molar-refractivity contribution is 0.101. The maximum atomic E-state index is 11.8. The second kappa shape index (κ2) is 4.08. The van der Waals surface area contributed by atoms with Crippen molar-refractivity contribution in [2.45, 2.75) is 13.8 Å². The molecule has 0 saturated heterocycles. The van der Waals surface area contributed by atoms with Crippen molar-refractivity contribution >= 4 is 28.3 Å². The summed E-state index contributed by atoms with van der Waals surface area (Å²) in [5.41, 5.74) is 2.43. The maximum absolute atomic E-state index is 11.8. The number of rotatable bonds is 2. The van der Waals surface area contributed by atoms with Gasteiger partial charge in [-0.3, -0.25) is 4.79 Å². The summed E-state index contributed by atoms with van der Waals surface area (Å²) in [5, 5.41) is 1.42. The van der Waals surface area contributed by atoms with Crippen LogP contribution in [-0.2, 0) is 7.05 Å². The zero-order valence-corrected chi connectivity index (χ0v) is 11.1. The van der Waals surface area contributed by atoms with Gasteiger partial charge in [-0.25, -0.2) is 0 Å². The topological polar surface area (TPSA) is 31.2 Å². The highest BCUT2D eigenvalue weighted by Gasteiger charge is 2.20. The number of methoxy groups -OCH3 is 1. The van der Waals surface area contributed by atoms with E-state index in [1.54, 1.807) is 26.2 Å². The Morgan fingerprint density at radius 1 is 1.41 bits per heavy atom. The molecule has 0 atom stereocenters. The smallest absolute Gasteiger partial charge is 0.162 e. The van der Waals surface area contributed by atoms with Crippen molar-refractivity contribution in [1.29, 1.82) is 0 Å². The van der Waals surface area contributed by atoms with Crippen molar-refractivity contribution in [3.63, 3.8) is 0 Å². The number of nitrogens with zero attached hydrogens (tertiary/aromatic N) is 1. The molecule has 0 spiro atoms. The minimum atomic E-state index is 0.0219. The number of Topliss-reactive ketones (excluding diaryl/α,β-unsaturated/α-hetero) is 1. The van der Waals surface area contributed by atoms with Gasteiger partial charge in [0.2, 0.25) is 0 Å². The SMILES string of the molecule is COc1ccc(Cl)c2c1c(C(C)=O)c(C)n2C. The summed E-state index contributed by atoms with van der Waals surface area (Å²) in [6.07, 6.45) is 0. The van der Waals surface area contributed by atoms with Crippen molar-refractivity contribution in [2.75, 3.05) is 7.11 Å². The Bertz CT molecular complexity index is 614. The van der Waals surface area contributed by atoms with E-state index in [4.69, 9.17) is 16.3 Å². The van der Waals surface area contributed by atoms with E-state index in [0.717, 1.165) is 16.6 Å². The van der Waals surface area contributed by atoms with Gasteiger partial charge in [0.1, 0.15) is 5.75 Å². The number of aromatic nitrogens is 1. The van der Waals surface area contributed by atoms with E-state index in [9.17, 15) is 4.79 Å². The number of hydrogen-bond donors (Lipinski definition) is 0. The second-order valence-corrected chi connectivity index (χ2v) is 4.46. The molecule has 0 fully saturated rings. The summed E-state index contributed by atoms with van der Waals surface area (Å²) in [7, 11) is 3.49. The van der Waals surface area contributed by atoms with Crippen molar-refractivity contribution in [3.8, 4) is 5.75 Å². The van der Waals surface area contributed by atoms with Gasteiger partial charge in [0.15, 0.2) is 5.78 Å². The molecule has 0 aliphatic heterocycles. The molecule has 0 aliphatic carbocycles. The Hall–Kier alpha value is -1.48. The molecule has 1 heterocycles. The van der Waals surface area contributed by atoms with E-state index in [0.29, 0.717) is 16.3 Å². The molecular formula is C13H14ClNO2. The molecule has 90 valence electrons. The standard InChI is InChI=1S/C13H14ClNO2/c1-7-11(8(2)16)12-10(17-4)6-5-9(14)13(12)15(7)3/h5-6H,1-4H3. The molecule has 0 saturated carbocycles. The van der Waals surface area contributed by atoms with E-state index in [1.807, 2.05) is 18.5 Å². The Labute approximate surface area is 105 Å². The van der Waals surface area contributed by atoms with Crippen LogP contribution in [-0.4, -0.2) is 17.5 Å². The first-order chi connectivity index (χ1) is 7.99. The lowest BCUT2D eigenvalue weighted by Gasteiger charge is -2.05. The fraction of sp³-hybridized carbons (Fsp3) is 0.308. The molecule has 0 aliphatic rings. The first-order valence-corrected chi connectivity index (χ1v) is 5.69. The predicted octanol–water partition coefficient (Wildman–Crippen LogP) is 3.35. The zero-order valence-electron chi connectivity index (χ0n) is 10.3. The minimum Gasteiger partial charge on any atom is -0.496 e. The highest BCUT2D eigenvalue weighted by Crippen LogP contribution is 2.37. The monoisotopic (exact) mass is 251 g/mol. The van der Waals surface area contributed by atoms with Gasteiger partial charge in [-0.1, -0.05) is 11.6 Å². The summed E-state index contributed by atoms with van der Waals surface area (Å²) in [4.78, 5) is 11.8. The van der Waals surface area contributed by atoms with Gasteiger partial charge < -0.3 is 9.30 Å². The van der Waals surface area contributed by atoms with Gasteiger partial charge in [-0.05, 0) is 26.0 Å². The average molecular weight is 252 g/mol. The quantitative estimate of drug-likeness (QED) is 0.767. The molecule has 17 heavy (non-hydrogen) atoms. The van der Waals surface area contributed by atoms with Crippen LogP contribution in [0.1, 0.15) is 23.0 Å². The number of benzene rings is 1. The van der Waals surface area contributed by atoms with Crippen molar-refractivity contribution < 1.29 is 9.53 Å². The molecule has 0 unspecified atom stereocenters. The van der Waals surface area contributed by atoms with Crippen LogP contribution in [0.4, 0.5) is 0 Å². The fourth-order valence-corrected chi connectivity index (χ4v) is 2.52. The number of ether oxygens (including phenoxy) is 1. The number of halogens is 1. The van der Waals surface area contributed by atoms with Crippen LogP contribution in [0.2, 0.25) is 5.02 Å². The van der Waals surface area contributed by atoms with E-state index >= 15 is 0 Å². The summed E-state index contributed by atoms with van der Waals surface area (Å²) in [6, 6.07) is 3.57. The predicted molar refractivity (Wildman–Crippen MR) is 69.2 cm³/mol. The third-order valence-electron chi connectivity index (χ3n) is 3.11. The summed E-state index contributed by atoms with van der Waals surface area (Å²) in [5.74, 6) is 0.701. The van der Waals surface area contributed by atoms with Crippen LogP contribution >= 0.6 is 11.6 Å². The number of hydrogen-bond acceptors (Lipinski definition) is 2. The first-order valence-electron chi connectivity index (χ1n) is 5.31. The van der Waals surface area contributed by atoms with E-state index < -0.39 is 0 Å². The van der Waals surface area contributed by atoms with Crippen LogP contribution in [0, 0.1) is 6.92 Å². The van der Waals surface area contributed by atoms with Crippen molar-refractivity contribution in [2.24, 2.45) is 7.05 Å². The first kappa shape index (κ1) is 12.0. The molecule has 2 rings (SSSR count). The van der Waals surface area contributed by atoms with E-state index in [2.05, 4.69) is 0 Å². The highest BCUT2D eigenvalue weighted by molar-refractivity contribution is 6.36. The summed E-state index contributed by atoms with van der Waals surface area (Å²) >= 11 is 6.19. The lowest BCUT2D eigenvalue weighted by atomic mass is 10.1. The van der Waals surface area contributed by atoms with Crippen LogP contribution in [0.25, 0.3) is 10.9 Å². The number of ketones is 1. The zero-order chi connectivity index (χ0) is 12.7. The largest absolute Gasteiger partial charge is 0.496 e. The summed E-state index contributed by atoms with van der Waals surface area (Å²) in [6.45, 7) is 3.47. The Balaban J connectivity index is 3.04. The number of carbonyl (C=O) groups excluding carboxylic acids is 1. The minimum absolute atomic E-state index is 0.0219. The second-order valence-electron chi connectivity index (χ2n) is 4.05. The molecule has 0 bridgehead atoms. The van der Waals surface area contributed by atoms with Gasteiger partial charge in [-0.15, -0.1) is 0 Å². The van der Waals surface area contributed by atoms with Gasteiger partial charge in [0.05, 0.1) is 23.0 Å². The molecule has 0 N–H and O–H groups in total.